The minimum atomic E-state index is 0.0111. The van der Waals surface area contributed by atoms with E-state index in [-0.39, 0.29) is 12.3 Å². The number of carbonyl (C=O) groups excluding carboxylic acids is 1. The third kappa shape index (κ3) is 3.08. The first-order chi connectivity index (χ1) is 10.3. The van der Waals surface area contributed by atoms with E-state index in [9.17, 15) is 4.79 Å². The Hall–Kier alpha value is -1.88. The van der Waals surface area contributed by atoms with Crippen LogP contribution in [-0.2, 0) is 11.2 Å². The van der Waals surface area contributed by atoms with Gasteiger partial charge in [0.05, 0.1) is 6.42 Å². The molecule has 1 saturated heterocycles. The molecule has 1 unspecified atom stereocenters. The van der Waals surface area contributed by atoms with E-state index in [4.69, 9.17) is 4.52 Å². The van der Waals surface area contributed by atoms with Crippen molar-refractivity contribution in [3.05, 3.63) is 30.0 Å². The van der Waals surface area contributed by atoms with Gasteiger partial charge in [-0.15, -0.1) is 0 Å². The van der Waals surface area contributed by atoms with Crippen LogP contribution < -0.4 is 5.32 Å². The fourth-order valence-electron chi connectivity index (χ4n) is 3.05. The van der Waals surface area contributed by atoms with Crippen LogP contribution in [0.5, 0.6) is 0 Å². The third-order valence-corrected chi connectivity index (χ3v) is 4.22. The number of hydrogen-bond acceptors (Lipinski definition) is 4. The lowest BCUT2D eigenvalue weighted by atomic mass is 10.1. The Labute approximate surface area is 124 Å². The molecule has 1 aromatic heterocycles. The first kappa shape index (κ1) is 14.1. The molecular weight excluding hydrogens is 266 g/mol. The Balaban J connectivity index is 1.57. The highest BCUT2D eigenvalue weighted by Gasteiger charge is 2.23. The van der Waals surface area contributed by atoms with Crippen LogP contribution in [0, 0.1) is 0 Å². The second kappa shape index (κ2) is 6.26. The largest absolute Gasteiger partial charge is 0.356 e. The molecule has 0 spiro atoms. The molecule has 1 N–H and O–H groups in total. The molecule has 0 radical (unpaired) electrons. The lowest BCUT2D eigenvalue weighted by Gasteiger charge is -2.22. The molecule has 1 fully saturated rings. The predicted molar refractivity (Wildman–Crippen MR) is 81.0 cm³/mol. The molecule has 1 atom stereocenters. The summed E-state index contributed by atoms with van der Waals surface area (Å²) in [7, 11) is 0. The van der Waals surface area contributed by atoms with Crippen LogP contribution in [0.3, 0.4) is 0 Å². The SMILES string of the molecule is CCN1CCCC1CNC(=O)Cc1noc2ccccc12. The summed E-state index contributed by atoms with van der Waals surface area (Å²) in [6, 6.07) is 8.11. The molecular formula is C16H21N3O2. The second-order valence-electron chi connectivity index (χ2n) is 5.53. The Kier molecular flexibility index (Phi) is 4.20. The molecule has 2 aromatic rings. The third-order valence-electron chi connectivity index (χ3n) is 4.22. The van der Waals surface area contributed by atoms with Crippen LogP contribution in [0.2, 0.25) is 0 Å². The Morgan fingerprint density at radius 1 is 1.48 bits per heavy atom. The molecule has 2 heterocycles. The number of likely N-dealkylation sites (tertiary alicyclic amines) is 1. The minimum absolute atomic E-state index is 0.0111. The second-order valence-corrected chi connectivity index (χ2v) is 5.53. The van der Waals surface area contributed by atoms with Crippen molar-refractivity contribution < 1.29 is 9.32 Å². The summed E-state index contributed by atoms with van der Waals surface area (Å²) in [5, 5.41) is 7.95. The molecule has 21 heavy (non-hydrogen) atoms. The Morgan fingerprint density at radius 2 is 2.33 bits per heavy atom. The average molecular weight is 287 g/mol. The summed E-state index contributed by atoms with van der Waals surface area (Å²) in [5.74, 6) is 0.0111. The fourth-order valence-corrected chi connectivity index (χ4v) is 3.05. The van der Waals surface area contributed by atoms with Crippen LogP contribution in [0.1, 0.15) is 25.5 Å². The van der Waals surface area contributed by atoms with Crippen LogP contribution in [0.25, 0.3) is 11.0 Å². The lowest BCUT2D eigenvalue weighted by Crippen LogP contribution is -2.40. The van der Waals surface area contributed by atoms with Crippen molar-refractivity contribution in [2.75, 3.05) is 19.6 Å². The first-order valence-electron chi connectivity index (χ1n) is 7.62. The molecule has 5 heteroatoms. The molecule has 1 aromatic carbocycles. The van der Waals surface area contributed by atoms with Gasteiger partial charge in [0.25, 0.3) is 0 Å². The van der Waals surface area contributed by atoms with E-state index in [1.807, 2.05) is 24.3 Å². The van der Waals surface area contributed by atoms with E-state index in [0.717, 1.165) is 30.6 Å². The van der Waals surface area contributed by atoms with Crippen molar-refractivity contribution >= 4 is 16.9 Å². The van der Waals surface area contributed by atoms with E-state index >= 15 is 0 Å². The van der Waals surface area contributed by atoms with Gasteiger partial charge in [-0.2, -0.15) is 0 Å². The number of para-hydroxylation sites is 1. The maximum Gasteiger partial charge on any atom is 0.226 e. The number of aromatic nitrogens is 1. The monoisotopic (exact) mass is 287 g/mol. The summed E-state index contributed by atoms with van der Waals surface area (Å²) in [5.41, 5.74) is 1.44. The summed E-state index contributed by atoms with van der Waals surface area (Å²) >= 11 is 0. The Morgan fingerprint density at radius 3 is 3.19 bits per heavy atom. The number of nitrogens with zero attached hydrogens (tertiary/aromatic N) is 2. The van der Waals surface area contributed by atoms with Gasteiger partial charge in [-0.05, 0) is 38.1 Å². The molecule has 112 valence electrons. The van der Waals surface area contributed by atoms with Crippen molar-refractivity contribution in [1.82, 2.24) is 15.4 Å². The first-order valence-corrected chi connectivity index (χ1v) is 7.62. The predicted octanol–water partition coefficient (Wildman–Crippen LogP) is 1.97. The summed E-state index contributed by atoms with van der Waals surface area (Å²) in [6.07, 6.45) is 2.67. The molecule has 0 aliphatic carbocycles. The lowest BCUT2D eigenvalue weighted by molar-refractivity contribution is -0.120. The molecule has 3 rings (SSSR count). The van der Waals surface area contributed by atoms with Crippen molar-refractivity contribution in [1.29, 1.82) is 0 Å². The molecule has 1 amide bonds. The zero-order chi connectivity index (χ0) is 14.7. The molecule has 1 aliphatic heterocycles. The molecule has 5 nitrogen and oxygen atoms in total. The highest BCUT2D eigenvalue weighted by Crippen LogP contribution is 2.18. The smallest absolute Gasteiger partial charge is 0.226 e. The van der Waals surface area contributed by atoms with Gasteiger partial charge in [0.1, 0.15) is 5.69 Å². The van der Waals surface area contributed by atoms with Crippen LogP contribution in [0.15, 0.2) is 28.8 Å². The minimum Gasteiger partial charge on any atom is -0.356 e. The van der Waals surface area contributed by atoms with Crippen molar-refractivity contribution in [3.63, 3.8) is 0 Å². The van der Waals surface area contributed by atoms with Gasteiger partial charge >= 0.3 is 0 Å². The molecule has 0 saturated carbocycles. The fraction of sp³-hybridized carbons (Fsp3) is 0.500. The van der Waals surface area contributed by atoms with Gasteiger partial charge in [0.2, 0.25) is 5.91 Å². The normalized spacial score (nSPS) is 19.2. The number of rotatable bonds is 5. The zero-order valence-corrected chi connectivity index (χ0v) is 12.3. The highest BCUT2D eigenvalue weighted by molar-refractivity contribution is 5.86. The highest BCUT2D eigenvalue weighted by atomic mass is 16.5. The van der Waals surface area contributed by atoms with Gasteiger partial charge < -0.3 is 9.84 Å². The van der Waals surface area contributed by atoms with Crippen molar-refractivity contribution in [2.24, 2.45) is 0 Å². The van der Waals surface area contributed by atoms with Gasteiger partial charge in [-0.3, -0.25) is 9.69 Å². The van der Waals surface area contributed by atoms with Crippen LogP contribution in [-0.4, -0.2) is 41.6 Å². The van der Waals surface area contributed by atoms with Crippen LogP contribution >= 0.6 is 0 Å². The van der Waals surface area contributed by atoms with E-state index in [1.165, 1.54) is 12.8 Å². The average Bonchev–Trinajstić information content (AvgIpc) is 3.12. The molecule has 1 aliphatic rings. The van der Waals surface area contributed by atoms with Crippen molar-refractivity contribution in [3.8, 4) is 0 Å². The zero-order valence-electron chi connectivity index (χ0n) is 12.3. The number of fused-ring (bicyclic) bond motifs is 1. The number of hydrogen-bond donors (Lipinski definition) is 1. The van der Waals surface area contributed by atoms with Gasteiger partial charge in [0.15, 0.2) is 5.58 Å². The van der Waals surface area contributed by atoms with Gasteiger partial charge in [0, 0.05) is 18.0 Å². The van der Waals surface area contributed by atoms with Crippen LogP contribution in [0.4, 0.5) is 0 Å². The topological polar surface area (TPSA) is 58.4 Å². The Bertz CT molecular complexity index is 623. The standard InChI is InChI=1S/C16H21N3O2/c1-2-19-9-5-6-12(19)11-17-16(20)10-14-13-7-3-4-8-15(13)21-18-14/h3-4,7-8,12H,2,5-6,9-11H2,1H3,(H,17,20). The number of nitrogens with one attached hydrogen (secondary N) is 1. The van der Waals surface area contributed by atoms with Gasteiger partial charge in [-0.1, -0.05) is 24.2 Å². The maximum atomic E-state index is 12.1. The van der Waals surface area contributed by atoms with E-state index in [2.05, 4.69) is 22.3 Å². The number of amides is 1. The van der Waals surface area contributed by atoms with E-state index in [0.29, 0.717) is 11.7 Å². The number of likely N-dealkylation sites (N-methyl/N-ethyl adjacent to an activating group) is 1. The maximum absolute atomic E-state index is 12.1. The van der Waals surface area contributed by atoms with E-state index < -0.39 is 0 Å². The quantitative estimate of drug-likeness (QED) is 0.913. The molecule has 0 bridgehead atoms. The number of carbonyl (C=O) groups is 1. The number of benzene rings is 1. The summed E-state index contributed by atoms with van der Waals surface area (Å²) < 4.78 is 5.22. The van der Waals surface area contributed by atoms with Crippen molar-refractivity contribution in [2.45, 2.75) is 32.2 Å². The summed E-state index contributed by atoms with van der Waals surface area (Å²) in [4.78, 5) is 14.5. The van der Waals surface area contributed by atoms with E-state index in [1.54, 1.807) is 0 Å². The summed E-state index contributed by atoms with van der Waals surface area (Å²) in [6.45, 7) is 5.09. The van der Waals surface area contributed by atoms with Gasteiger partial charge in [-0.25, -0.2) is 0 Å².